The average molecular weight is 517 g/mol. The summed E-state index contributed by atoms with van der Waals surface area (Å²) in [5.41, 5.74) is 1.28. The molecule has 10 nitrogen and oxygen atoms in total. The highest BCUT2D eigenvalue weighted by Gasteiger charge is 2.31. The summed E-state index contributed by atoms with van der Waals surface area (Å²) in [5, 5.41) is 13.8. The molecule has 4 rings (SSSR count). The first-order valence-electron chi connectivity index (χ1n) is 11.0. The van der Waals surface area contributed by atoms with Crippen LogP contribution in [-0.2, 0) is 21.4 Å². The number of aromatic nitrogens is 1. The van der Waals surface area contributed by atoms with Crippen molar-refractivity contribution in [3.63, 3.8) is 0 Å². The summed E-state index contributed by atoms with van der Waals surface area (Å²) in [4.78, 5) is 29.4. The minimum Gasteiger partial charge on any atom is -0.506 e. The molecule has 36 heavy (non-hydrogen) atoms. The molecule has 0 saturated heterocycles. The highest BCUT2D eigenvalue weighted by Crippen LogP contribution is 2.34. The quantitative estimate of drug-likeness (QED) is 0.442. The zero-order valence-corrected chi connectivity index (χ0v) is 20.9. The highest BCUT2D eigenvalue weighted by molar-refractivity contribution is 7.90. The van der Waals surface area contributed by atoms with Gasteiger partial charge in [-0.15, -0.1) is 4.40 Å². The lowest BCUT2D eigenvalue weighted by Crippen LogP contribution is -2.33. The van der Waals surface area contributed by atoms with Gasteiger partial charge >= 0.3 is 0 Å². The Hall–Kier alpha value is -3.93. The van der Waals surface area contributed by atoms with Crippen molar-refractivity contribution in [1.29, 1.82) is 0 Å². The van der Waals surface area contributed by atoms with Gasteiger partial charge in [-0.05, 0) is 42.2 Å². The van der Waals surface area contributed by atoms with Gasteiger partial charge < -0.3 is 19.8 Å². The third-order valence-electron chi connectivity index (χ3n) is 5.53. The maximum Gasteiger partial charge on any atom is 0.286 e. The van der Waals surface area contributed by atoms with E-state index in [2.05, 4.69) is 15.2 Å². The second-order valence-electron chi connectivity index (χ2n) is 9.61. The number of amides is 1. The lowest BCUT2D eigenvalue weighted by atomic mass is 9.92. The van der Waals surface area contributed by atoms with E-state index in [9.17, 15) is 27.5 Å². The van der Waals surface area contributed by atoms with Crippen molar-refractivity contribution in [2.24, 2.45) is 9.81 Å². The van der Waals surface area contributed by atoms with Gasteiger partial charge in [-0.3, -0.25) is 9.59 Å². The predicted molar refractivity (Wildman–Crippen MR) is 132 cm³/mol. The molecule has 2 heterocycles. The number of aromatic hydroxyl groups is 1. The maximum atomic E-state index is 14.1. The Bertz CT molecular complexity index is 1590. The molecule has 3 N–H and O–H groups in total. The predicted octanol–water partition coefficient (Wildman–Crippen LogP) is 3.27. The number of sulfonamides is 1. The van der Waals surface area contributed by atoms with E-state index in [1.54, 1.807) is 0 Å². The van der Waals surface area contributed by atoms with Crippen LogP contribution in [0.1, 0.15) is 39.7 Å². The minimum absolute atomic E-state index is 0.0431. The Balaban J connectivity index is 1.87. The van der Waals surface area contributed by atoms with Crippen molar-refractivity contribution >= 4 is 38.4 Å². The number of hydrogen-bond acceptors (Lipinski definition) is 7. The summed E-state index contributed by atoms with van der Waals surface area (Å²) in [5.74, 6) is -2.05. The van der Waals surface area contributed by atoms with Crippen LogP contribution in [0.3, 0.4) is 0 Å². The van der Waals surface area contributed by atoms with E-state index in [-0.39, 0.29) is 33.7 Å². The van der Waals surface area contributed by atoms with Crippen LogP contribution in [0.25, 0.3) is 10.9 Å². The number of amidine groups is 1. The lowest BCUT2D eigenvalue weighted by molar-refractivity contribution is -0.125. The van der Waals surface area contributed by atoms with Gasteiger partial charge in [0.25, 0.3) is 15.6 Å². The van der Waals surface area contributed by atoms with Gasteiger partial charge in [-0.25, -0.2) is 4.39 Å². The Morgan fingerprint density at radius 1 is 1.22 bits per heavy atom. The number of nitrogens with one attached hydrogen (secondary N) is 2. The van der Waals surface area contributed by atoms with Crippen LogP contribution in [0.5, 0.6) is 11.5 Å². The standard InChI is InChI=1S/C24H25FN4O6S/c1-13(30)27-35-15-6-7-17-19(12-15)36(33,34)28-22(26-17)20-21(31)16-11-14(25)5-8-18(16)29(23(20)32)10-9-24(2,3)4/h5-8,11-12,31H,9-10H2,1-4H3,(H,26,28)(H,27,30). The molecule has 2 aromatic carbocycles. The Kier molecular flexibility index (Phi) is 6.25. The molecule has 0 aliphatic carbocycles. The number of carbonyl (C=O) groups excluding carboxylic acids is 1. The molecule has 1 aliphatic heterocycles. The summed E-state index contributed by atoms with van der Waals surface area (Å²) in [6.07, 6.45) is 0.585. The lowest BCUT2D eigenvalue weighted by Gasteiger charge is -2.23. The Morgan fingerprint density at radius 3 is 2.61 bits per heavy atom. The van der Waals surface area contributed by atoms with Gasteiger partial charge in [0.1, 0.15) is 22.0 Å². The monoisotopic (exact) mass is 516 g/mol. The maximum absolute atomic E-state index is 14.1. The van der Waals surface area contributed by atoms with Crippen LogP contribution in [0, 0.1) is 11.2 Å². The normalized spacial score (nSPS) is 14.5. The van der Waals surface area contributed by atoms with Gasteiger partial charge in [0.15, 0.2) is 11.6 Å². The van der Waals surface area contributed by atoms with Crippen molar-refractivity contribution in [3.05, 3.63) is 58.1 Å². The first-order chi connectivity index (χ1) is 16.8. The second-order valence-corrected chi connectivity index (χ2v) is 11.2. The number of rotatable bonds is 5. The molecule has 12 heteroatoms. The molecule has 0 spiro atoms. The van der Waals surface area contributed by atoms with Crippen molar-refractivity contribution in [2.45, 2.75) is 45.6 Å². The molecule has 0 radical (unpaired) electrons. The van der Waals surface area contributed by atoms with Crippen LogP contribution in [0.15, 0.2) is 50.5 Å². The molecule has 1 amide bonds. The molecule has 1 aliphatic rings. The topological polar surface area (TPSA) is 139 Å². The van der Waals surface area contributed by atoms with Gasteiger partial charge in [-0.1, -0.05) is 20.8 Å². The highest BCUT2D eigenvalue weighted by atomic mass is 32.2. The number of fused-ring (bicyclic) bond motifs is 2. The molecule has 0 fully saturated rings. The van der Waals surface area contributed by atoms with Crippen LogP contribution in [-0.4, -0.2) is 29.8 Å². The molecule has 0 saturated carbocycles. The van der Waals surface area contributed by atoms with E-state index in [4.69, 9.17) is 4.84 Å². The van der Waals surface area contributed by atoms with Gasteiger partial charge in [-0.2, -0.15) is 13.9 Å². The van der Waals surface area contributed by atoms with E-state index in [1.165, 1.54) is 35.8 Å². The molecule has 1 aromatic heterocycles. The smallest absolute Gasteiger partial charge is 0.286 e. The minimum atomic E-state index is -4.34. The molecule has 0 atom stereocenters. The number of carbonyl (C=O) groups is 1. The first kappa shape index (κ1) is 25.2. The molecular formula is C24H25FN4O6S. The number of halogens is 1. The summed E-state index contributed by atoms with van der Waals surface area (Å²) in [6.45, 7) is 7.48. The van der Waals surface area contributed by atoms with Gasteiger partial charge in [0.05, 0.1) is 11.2 Å². The number of benzene rings is 2. The molecule has 0 bridgehead atoms. The van der Waals surface area contributed by atoms with Crippen molar-refractivity contribution < 1.29 is 27.5 Å². The summed E-state index contributed by atoms with van der Waals surface area (Å²) >= 11 is 0. The van der Waals surface area contributed by atoms with E-state index in [0.29, 0.717) is 11.9 Å². The number of anilines is 1. The van der Waals surface area contributed by atoms with Crippen molar-refractivity contribution in [1.82, 2.24) is 10.0 Å². The van der Waals surface area contributed by atoms with E-state index < -0.39 is 44.5 Å². The molecule has 3 aromatic rings. The third-order valence-corrected chi connectivity index (χ3v) is 6.85. The largest absolute Gasteiger partial charge is 0.506 e. The van der Waals surface area contributed by atoms with Crippen LogP contribution in [0.2, 0.25) is 0 Å². The zero-order chi connectivity index (χ0) is 26.4. The van der Waals surface area contributed by atoms with Crippen molar-refractivity contribution in [2.75, 3.05) is 5.32 Å². The molecule has 0 unspecified atom stereocenters. The first-order valence-corrected chi connectivity index (χ1v) is 12.5. The van der Waals surface area contributed by atoms with Crippen LogP contribution < -0.4 is 21.2 Å². The van der Waals surface area contributed by atoms with Gasteiger partial charge in [0.2, 0.25) is 5.91 Å². The van der Waals surface area contributed by atoms with Crippen LogP contribution in [0.4, 0.5) is 10.1 Å². The Morgan fingerprint density at radius 2 is 1.94 bits per heavy atom. The number of hydroxylamine groups is 1. The fourth-order valence-corrected chi connectivity index (χ4v) is 4.88. The number of nitrogens with zero attached hydrogens (tertiary/aromatic N) is 2. The fraction of sp³-hybridized carbons (Fsp3) is 0.292. The van der Waals surface area contributed by atoms with E-state index >= 15 is 0 Å². The van der Waals surface area contributed by atoms with E-state index in [0.717, 1.165) is 12.1 Å². The fourth-order valence-electron chi connectivity index (χ4n) is 3.74. The second kappa shape index (κ2) is 8.94. The molecular weight excluding hydrogens is 491 g/mol. The SMILES string of the molecule is CC(=O)NOc1ccc2c(c1)S(=O)(=O)N=C(c1c(O)c3cc(F)ccc3n(CCC(C)(C)C)c1=O)N2. The number of hydrogen-bond donors (Lipinski definition) is 3. The summed E-state index contributed by atoms with van der Waals surface area (Å²) in [7, 11) is -4.34. The molecule has 190 valence electrons. The summed E-state index contributed by atoms with van der Waals surface area (Å²) in [6, 6.07) is 7.60. The Labute approximate surface area is 206 Å². The third kappa shape index (κ3) is 4.89. The average Bonchev–Trinajstić information content (AvgIpc) is 2.77. The zero-order valence-electron chi connectivity index (χ0n) is 20.0. The van der Waals surface area contributed by atoms with E-state index in [1.807, 2.05) is 20.8 Å². The summed E-state index contributed by atoms with van der Waals surface area (Å²) < 4.78 is 45.2. The van der Waals surface area contributed by atoms with Crippen LogP contribution >= 0.6 is 0 Å². The van der Waals surface area contributed by atoms with Gasteiger partial charge in [0, 0.05) is 24.9 Å². The van der Waals surface area contributed by atoms with Crippen molar-refractivity contribution in [3.8, 4) is 11.5 Å². The number of aryl methyl sites for hydroxylation is 1. The number of pyridine rings is 1.